The van der Waals surface area contributed by atoms with Gasteiger partial charge in [0.05, 0.1) is 6.10 Å². The van der Waals surface area contributed by atoms with Crippen molar-refractivity contribution in [3.8, 4) is 0 Å². The highest BCUT2D eigenvalue weighted by Crippen LogP contribution is 2.15. The average molecular weight is 331 g/mol. The van der Waals surface area contributed by atoms with Crippen LogP contribution in [0.5, 0.6) is 0 Å². The molecule has 0 fully saturated rings. The largest absolute Gasteiger partial charge is 0.388 e. The number of nitrogens with one attached hydrogen (secondary N) is 1. The topological polar surface area (TPSA) is 66.4 Å². The molecule has 4 nitrogen and oxygen atoms in total. The lowest BCUT2D eigenvalue weighted by Crippen LogP contribution is -2.25. The number of hydrogen-bond acceptors (Lipinski definition) is 3. The second-order valence-corrected chi connectivity index (χ2v) is 6.82. The highest BCUT2D eigenvalue weighted by Gasteiger charge is 2.09. The quantitative estimate of drug-likeness (QED) is 0.819. The average Bonchev–Trinajstić information content (AvgIpc) is 2.55. The summed E-state index contributed by atoms with van der Waals surface area (Å²) in [5, 5.41) is 12.9. The Kier molecular flexibility index (Phi) is 6.50. The molecular weight excluding hydrogens is 310 g/mol. The minimum Gasteiger partial charge on any atom is -0.388 e. The number of aliphatic hydroxyl groups is 1. The molecule has 2 aromatic carbocycles. The molecule has 0 heterocycles. The molecule has 2 atom stereocenters. The van der Waals surface area contributed by atoms with E-state index in [-0.39, 0.29) is 5.91 Å². The van der Waals surface area contributed by atoms with E-state index in [1.54, 1.807) is 24.5 Å². The summed E-state index contributed by atoms with van der Waals surface area (Å²) >= 11 is 0. The lowest BCUT2D eigenvalue weighted by molar-refractivity contribution is 0.0942. The Labute approximate surface area is 139 Å². The van der Waals surface area contributed by atoms with Crippen LogP contribution < -0.4 is 5.32 Å². The van der Waals surface area contributed by atoms with E-state index >= 15 is 0 Å². The van der Waals surface area contributed by atoms with E-state index in [1.807, 2.05) is 36.4 Å². The molecule has 0 aromatic heterocycles. The molecule has 2 N–H and O–H groups in total. The molecule has 1 amide bonds. The lowest BCUT2D eigenvalue weighted by atomic mass is 10.1. The van der Waals surface area contributed by atoms with E-state index in [9.17, 15) is 14.1 Å². The highest BCUT2D eigenvalue weighted by atomic mass is 32.2. The normalized spacial score (nSPS) is 13.3. The first-order valence-corrected chi connectivity index (χ1v) is 9.19. The first-order chi connectivity index (χ1) is 11.1. The first-order valence-electron chi connectivity index (χ1n) is 7.46. The number of amides is 1. The van der Waals surface area contributed by atoms with Crippen molar-refractivity contribution in [3.05, 3.63) is 71.3 Å². The third kappa shape index (κ3) is 5.62. The van der Waals surface area contributed by atoms with Crippen LogP contribution in [-0.4, -0.2) is 28.0 Å². The summed E-state index contributed by atoms with van der Waals surface area (Å²) in [6.45, 7) is 0.388. The van der Waals surface area contributed by atoms with Crippen molar-refractivity contribution in [1.82, 2.24) is 5.32 Å². The van der Waals surface area contributed by atoms with Crippen LogP contribution in [-0.2, 0) is 16.6 Å². The molecule has 0 aliphatic carbocycles. The fourth-order valence-electron chi connectivity index (χ4n) is 2.30. The lowest BCUT2D eigenvalue weighted by Gasteiger charge is -2.12. The molecule has 122 valence electrons. The number of benzene rings is 2. The van der Waals surface area contributed by atoms with Gasteiger partial charge in [-0.1, -0.05) is 42.5 Å². The molecular formula is C18H21NO3S. The molecule has 2 aromatic rings. The maximum Gasteiger partial charge on any atom is 0.251 e. The van der Waals surface area contributed by atoms with Gasteiger partial charge in [-0.2, -0.15) is 0 Å². The summed E-state index contributed by atoms with van der Waals surface area (Å²) in [4.78, 5) is 12.1. The van der Waals surface area contributed by atoms with Crippen molar-refractivity contribution in [3.63, 3.8) is 0 Å². The summed E-state index contributed by atoms with van der Waals surface area (Å²) in [5.74, 6) is 0.252. The van der Waals surface area contributed by atoms with Crippen molar-refractivity contribution >= 4 is 16.7 Å². The third-order valence-electron chi connectivity index (χ3n) is 3.45. The minimum absolute atomic E-state index is 0.186. The summed E-state index contributed by atoms with van der Waals surface area (Å²) < 4.78 is 11.3. The summed E-state index contributed by atoms with van der Waals surface area (Å²) in [7, 11) is -0.936. The molecule has 0 radical (unpaired) electrons. The number of hydrogen-bond donors (Lipinski definition) is 2. The second-order valence-electron chi connectivity index (χ2n) is 5.39. The van der Waals surface area contributed by atoms with Gasteiger partial charge < -0.3 is 10.4 Å². The van der Waals surface area contributed by atoms with Crippen molar-refractivity contribution < 1.29 is 14.1 Å². The fraction of sp³-hybridized carbons (Fsp3) is 0.278. The maximum absolute atomic E-state index is 12.1. The molecule has 2 rings (SSSR count). The zero-order valence-electron chi connectivity index (χ0n) is 13.1. The highest BCUT2D eigenvalue weighted by molar-refractivity contribution is 7.83. The van der Waals surface area contributed by atoms with Crippen molar-refractivity contribution in [2.45, 2.75) is 18.3 Å². The number of rotatable bonds is 7. The zero-order valence-corrected chi connectivity index (χ0v) is 13.9. The molecule has 0 saturated heterocycles. The van der Waals surface area contributed by atoms with Crippen LogP contribution in [0.15, 0.2) is 54.6 Å². The Bertz CT molecular complexity index is 673. The SMILES string of the molecule is CS(=O)Cc1cccc(C(=O)NCCC(O)c2ccccc2)c1. The molecule has 5 heteroatoms. The van der Waals surface area contributed by atoms with E-state index in [1.165, 1.54) is 0 Å². The predicted molar refractivity (Wildman–Crippen MR) is 92.6 cm³/mol. The Morgan fingerprint density at radius 2 is 1.91 bits per heavy atom. The Hall–Kier alpha value is -1.98. The number of carbonyl (C=O) groups excluding carboxylic acids is 1. The first kappa shape index (κ1) is 17.4. The Morgan fingerprint density at radius 1 is 1.17 bits per heavy atom. The monoisotopic (exact) mass is 331 g/mol. The van der Waals surface area contributed by atoms with Gasteiger partial charge in [0.2, 0.25) is 0 Å². The van der Waals surface area contributed by atoms with Crippen molar-refractivity contribution in [2.24, 2.45) is 0 Å². The van der Waals surface area contributed by atoms with Gasteiger partial charge in [-0.3, -0.25) is 9.00 Å². The van der Waals surface area contributed by atoms with E-state index in [4.69, 9.17) is 0 Å². The minimum atomic E-state index is -0.936. The van der Waals surface area contributed by atoms with E-state index in [0.717, 1.165) is 11.1 Å². The van der Waals surface area contributed by atoms with Crippen LogP contribution in [0.3, 0.4) is 0 Å². The van der Waals surface area contributed by atoms with Crippen LogP contribution in [0.4, 0.5) is 0 Å². The van der Waals surface area contributed by atoms with E-state index < -0.39 is 16.9 Å². The third-order valence-corrected chi connectivity index (χ3v) is 4.19. The Balaban J connectivity index is 1.86. The molecule has 0 spiro atoms. The van der Waals surface area contributed by atoms with Gasteiger partial charge in [0, 0.05) is 34.9 Å². The van der Waals surface area contributed by atoms with Gasteiger partial charge in [0.25, 0.3) is 5.91 Å². The van der Waals surface area contributed by atoms with Crippen LogP contribution in [0.1, 0.15) is 34.0 Å². The fourth-order valence-corrected chi connectivity index (χ4v) is 2.95. The summed E-state index contributed by atoms with van der Waals surface area (Å²) in [5.41, 5.74) is 2.26. The van der Waals surface area contributed by atoms with Crippen LogP contribution in [0, 0.1) is 0 Å². The van der Waals surface area contributed by atoms with E-state index in [0.29, 0.717) is 24.3 Å². The van der Waals surface area contributed by atoms with Crippen molar-refractivity contribution in [1.29, 1.82) is 0 Å². The van der Waals surface area contributed by atoms with E-state index in [2.05, 4.69) is 5.32 Å². The molecule has 0 aliphatic rings. The molecule has 23 heavy (non-hydrogen) atoms. The molecule has 0 aliphatic heterocycles. The van der Waals surface area contributed by atoms with Gasteiger partial charge in [-0.25, -0.2) is 0 Å². The summed E-state index contributed by atoms with van der Waals surface area (Å²) in [6, 6.07) is 16.5. The molecule has 2 unspecified atom stereocenters. The number of carbonyl (C=O) groups is 1. The van der Waals surface area contributed by atoms with Gasteiger partial charge >= 0.3 is 0 Å². The van der Waals surface area contributed by atoms with Gasteiger partial charge in [0.15, 0.2) is 0 Å². The van der Waals surface area contributed by atoms with Gasteiger partial charge in [-0.05, 0) is 29.7 Å². The van der Waals surface area contributed by atoms with Gasteiger partial charge in [0.1, 0.15) is 0 Å². The zero-order chi connectivity index (χ0) is 16.7. The van der Waals surface area contributed by atoms with Crippen LogP contribution >= 0.6 is 0 Å². The second kappa shape index (κ2) is 8.60. The smallest absolute Gasteiger partial charge is 0.251 e. The number of aliphatic hydroxyl groups excluding tert-OH is 1. The predicted octanol–water partition coefficient (Wildman–Crippen LogP) is 2.42. The summed E-state index contributed by atoms with van der Waals surface area (Å²) in [6.07, 6.45) is 1.50. The molecule has 0 saturated carbocycles. The van der Waals surface area contributed by atoms with Crippen LogP contribution in [0.2, 0.25) is 0 Å². The Morgan fingerprint density at radius 3 is 2.61 bits per heavy atom. The standard InChI is InChI=1S/C18H21NO3S/c1-23(22)13-14-6-5-9-16(12-14)18(21)19-11-10-17(20)15-7-3-2-4-8-15/h2-9,12,17,20H,10-11,13H2,1H3,(H,19,21). The van der Waals surface area contributed by atoms with Crippen LogP contribution in [0.25, 0.3) is 0 Å². The maximum atomic E-state index is 12.1. The van der Waals surface area contributed by atoms with Gasteiger partial charge in [-0.15, -0.1) is 0 Å². The van der Waals surface area contributed by atoms with Crippen molar-refractivity contribution in [2.75, 3.05) is 12.8 Å². The molecule has 0 bridgehead atoms.